The first kappa shape index (κ1) is 19.5. The summed E-state index contributed by atoms with van der Waals surface area (Å²) in [5.41, 5.74) is 0.596. The van der Waals surface area contributed by atoms with Crippen molar-refractivity contribution in [2.45, 2.75) is 25.0 Å². The van der Waals surface area contributed by atoms with E-state index in [0.29, 0.717) is 17.0 Å². The van der Waals surface area contributed by atoms with Gasteiger partial charge in [-0.2, -0.15) is 0 Å². The summed E-state index contributed by atoms with van der Waals surface area (Å²) >= 11 is 1.25. The number of ketones is 1. The first-order valence-corrected chi connectivity index (χ1v) is 10.2. The zero-order valence-corrected chi connectivity index (χ0v) is 16.6. The number of amides is 1. The lowest BCUT2D eigenvalue weighted by molar-refractivity contribution is -0.131. The number of benzene rings is 1. The molecule has 2 N–H and O–H groups in total. The molecule has 1 aromatic carbocycles. The summed E-state index contributed by atoms with van der Waals surface area (Å²) in [6.45, 7) is 0.892. The summed E-state index contributed by atoms with van der Waals surface area (Å²) < 4.78 is 10.9. The van der Waals surface area contributed by atoms with Crippen molar-refractivity contribution in [1.29, 1.82) is 0 Å². The highest BCUT2D eigenvalue weighted by Gasteiger charge is 2.45. The highest BCUT2D eigenvalue weighted by atomic mass is 32.1. The molecule has 1 saturated heterocycles. The largest absolute Gasteiger partial charge is 0.504 e. The minimum Gasteiger partial charge on any atom is -0.504 e. The second-order valence-corrected chi connectivity index (χ2v) is 7.94. The normalized spacial score (nSPS) is 21.8. The number of nitrogens with zero attached hydrogens (tertiary/aromatic N) is 1. The summed E-state index contributed by atoms with van der Waals surface area (Å²) in [5.74, 6) is -1.36. The van der Waals surface area contributed by atoms with Gasteiger partial charge in [0.25, 0.3) is 5.91 Å². The van der Waals surface area contributed by atoms with Gasteiger partial charge in [-0.15, -0.1) is 11.3 Å². The first-order chi connectivity index (χ1) is 14.0. The molecule has 3 heterocycles. The monoisotopic (exact) mass is 415 g/mol. The molecular formula is C21H21NO6S. The number of carbonyl (C=O) groups is 2. The predicted octanol–water partition coefficient (Wildman–Crippen LogP) is 3.22. The Bertz CT molecular complexity index is 962. The Labute approximate surface area is 171 Å². The van der Waals surface area contributed by atoms with Crippen LogP contribution in [0.1, 0.15) is 34.1 Å². The zero-order valence-electron chi connectivity index (χ0n) is 15.8. The van der Waals surface area contributed by atoms with Gasteiger partial charge in [-0.05, 0) is 42.0 Å². The van der Waals surface area contributed by atoms with Crippen LogP contribution in [0.15, 0.2) is 47.0 Å². The Morgan fingerprint density at radius 3 is 2.83 bits per heavy atom. The molecule has 0 aliphatic carbocycles. The van der Waals surface area contributed by atoms with E-state index < -0.39 is 23.5 Å². The highest BCUT2D eigenvalue weighted by molar-refractivity contribution is 7.12. The number of rotatable bonds is 6. The summed E-state index contributed by atoms with van der Waals surface area (Å²) in [7, 11) is 1.42. The number of Topliss-reactive ketones (excluding diaryl/α,β-unsaturated/α-hetero) is 1. The van der Waals surface area contributed by atoms with Crippen molar-refractivity contribution in [3.8, 4) is 11.5 Å². The molecule has 2 atom stereocenters. The summed E-state index contributed by atoms with van der Waals surface area (Å²) in [6, 6.07) is 7.26. The Morgan fingerprint density at radius 2 is 2.17 bits per heavy atom. The van der Waals surface area contributed by atoms with Crippen molar-refractivity contribution >= 4 is 23.0 Å². The van der Waals surface area contributed by atoms with E-state index in [0.717, 1.165) is 12.8 Å². The number of hydrogen-bond acceptors (Lipinski definition) is 7. The van der Waals surface area contributed by atoms with E-state index in [1.807, 2.05) is 0 Å². The molecule has 0 saturated carbocycles. The second-order valence-electron chi connectivity index (χ2n) is 7.00. The van der Waals surface area contributed by atoms with Crippen LogP contribution in [0, 0.1) is 0 Å². The average molecular weight is 415 g/mol. The van der Waals surface area contributed by atoms with Crippen LogP contribution in [0.5, 0.6) is 11.5 Å². The van der Waals surface area contributed by atoms with Crippen LogP contribution in [0.4, 0.5) is 0 Å². The molecule has 0 spiro atoms. The number of aliphatic hydroxyl groups excluding tert-OH is 1. The quantitative estimate of drug-likeness (QED) is 0.704. The molecular weight excluding hydrogens is 394 g/mol. The van der Waals surface area contributed by atoms with Gasteiger partial charge in [0.1, 0.15) is 0 Å². The maximum atomic E-state index is 13.2. The van der Waals surface area contributed by atoms with Gasteiger partial charge in [0.15, 0.2) is 17.3 Å². The van der Waals surface area contributed by atoms with Crippen molar-refractivity contribution in [2.24, 2.45) is 0 Å². The molecule has 2 aliphatic rings. The van der Waals surface area contributed by atoms with Gasteiger partial charge in [-0.25, -0.2) is 0 Å². The molecule has 1 fully saturated rings. The SMILES string of the molecule is COc1cc([C@H]2C(C(=O)c3cccs3)=C(O)C(=O)N2C[C@@H]2CCCO2)ccc1O. The van der Waals surface area contributed by atoms with Crippen molar-refractivity contribution in [1.82, 2.24) is 4.90 Å². The third-order valence-electron chi connectivity index (χ3n) is 5.24. The van der Waals surface area contributed by atoms with E-state index in [2.05, 4.69) is 0 Å². The van der Waals surface area contributed by atoms with E-state index in [4.69, 9.17) is 9.47 Å². The van der Waals surface area contributed by atoms with Gasteiger partial charge in [0.2, 0.25) is 5.78 Å². The molecule has 0 unspecified atom stereocenters. The molecule has 2 aromatic rings. The third kappa shape index (κ3) is 3.49. The molecule has 29 heavy (non-hydrogen) atoms. The molecule has 7 nitrogen and oxygen atoms in total. The number of aromatic hydroxyl groups is 1. The Balaban J connectivity index is 1.78. The Hall–Kier alpha value is -2.84. The highest BCUT2D eigenvalue weighted by Crippen LogP contribution is 2.42. The van der Waals surface area contributed by atoms with Crippen LogP contribution >= 0.6 is 11.3 Å². The fraction of sp³-hybridized carbons (Fsp3) is 0.333. The van der Waals surface area contributed by atoms with E-state index >= 15 is 0 Å². The Morgan fingerprint density at radius 1 is 1.34 bits per heavy atom. The second kappa shape index (κ2) is 7.88. The summed E-state index contributed by atoms with van der Waals surface area (Å²) in [4.78, 5) is 28.0. The average Bonchev–Trinajstić information content (AvgIpc) is 3.47. The molecule has 0 radical (unpaired) electrons. The minimum atomic E-state index is -0.796. The maximum Gasteiger partial charge on any atom is 0.290 e. The van der Waals surface area contributed by atoms with Crippen molar-refractivity contribution in [2.75, 3.05) is 20.3 Å². The molecule has 2 aliphatic heterocycles. The van der Waals surface area contributed by atoms with Crippen LogP contribution in [-0.2, 0) is 9.53 Å². The molecule has 8 heteroatoms. The van der Waals surface area contributed by atoms with Crippen LogP contribution in [0.3, 0.4) is 0 Å². The molecule has 0 bridgehead atoms. The van der Waals surface area contributed by atoms with Gasteiger partial charge >= 0.3 is 0 Å². The number of phenols is 1. The van der Waals surface area contributed by atoms with Crippen LogP contribution in [0.25, 0.3) is 0 Å². The van der Waals surface area contributed by atoms with E-state index in [9.17, 15) is 19.8 Å². The van der Waals surface area contributed by atoms with Crippen LogP contribution in [0.2, 0.25) is 0 Å². The minimum absolute atomic E-state index is 0.0307. The lowest BCUT2D eigenvalue weighted by Crippen LogP contribution is -2.37. The number of phenolic OH excluding ortho intramolecular Hbond substituents is 1. The van der Waals surface area contributed by atoms with Gasteiger partial charge in [0, 0.05) is 13.2 Å². The van der Waals surface area contributed by atoms with E-state index in [1.54, 1.807) is 29.6 Å². The van der Waals surface area contributed by atoms with Gasteiger partial charge in [-0.1, -0.05) is 12.1 Å². The predicted molar refractivity (Wildman–Crippen MR) is 106 cm³/mol. The smallest absolute Gasteiger partial charge is 0.290 e. The Kier molecular flexibility index (Phi) is 5.29. The number of carbonyl (C=O) groups excluding carboxylic acids is 2. The summed E-state index contributed by atoms with van der Waals surface area (Å²) in [6.07, 6.45) is 1.57. The molecule has 1 aromatic heterocycles. The van der Waals surface area contributed by atoms with Gasteiger partial charge < -0.3 is 24.6 Å². The van der Waals surface area contributed by atoms with E-state index in [-0.39, 0.29) is 29.7 Å². The standard InChI is InChI=1S/C21H21NO6S/c1-27-15-10-12(6-7-14(15)23)18-17(19(24)16-5-3-9-29-16)20(25)21(26)22(18)11-13-4-2-8-28-13/h3,5-7,9-10,13,18,23,25H,2,4,8,11H2,1H3/t13-,18-/m0/s1. The number of methoxy groups -OCH3 is 1. The fourth-order valence-electron chi connectivity index (χ4n) is 3.83. The topological polar surface area (TPSA) is 96.3 Å². The summed E-state index contributed by atoms with van der Waals surface area (Å²) in [5, 5.41) is 22.4. The third-order valence-corrected chi connectivity index (χ3v) is 6.11. The van der Waals surface area contributed by atoms with Crippen LogP contribution < -0.4 is 4.74 Å². The van der Waals surface area contributed by atoms with Crippen LogP contribution in [-0.4, -0.2) is 53.2 Å². The lowest BCUT2D eigenvalue weighted by atomic mass is 9.95. The van der Waals surface area contributed by atoms with Crippen molar-refractivity contribution in [3.05, 3.63) is 57.5 Å². The van der Waals surface area contributed by atoms with Gasteiger partial charge in [-0.3, -0.25) is 9.59 Å². The van der Waals surface area contributed by atoms with Crippen molar-refractivity contribution < 1.29 is 29.3 Å². The molecule has 4 rings (SSSR count). The fourth-order valence-corrected chi connectivity index (χ4v) is 4.51. The maximum absolute atomic E-state index is 13.2. The molecule has 152 valence electrons. The first-order valence-electron chi connectivity index (χ1n) is 9.32. The number of aliphatic hydroxyl groups is 1. The number of ether oxygens (including phenoxy) is 2. The number of hydrogen-bond donors (Lipinski definition) is 2. The molecule has 1 amide bonds. The number of thiophene rings is 1. The van der Waals surface area contributed by atoms with E-state index in [1.165, 1.54) is 29.4 Å². The zero-order chi connectivity index (χ0) is 20.5. The van der Waals surface area contributed by atoms with Crippen molar-refractivity contribution in [3.63, 3.8) is 0 Å². The lowest BCUT2D eigenvalue weighted by Gasteiger charge is -2.29. The van der Waals surface area contributed by atoms with Gasteiger partial charge in [0.05, 0.1) is 29.7 Å².